The molecule has 2 aliphatic rings. The molecule has 0 bridgehead atoms. The van der Waals surface area contributed by atoms with E-state index in [1.54, 1.807) is 0 Å². The number of hydrogen-bond donors (Lipinski definition) is 1. The maximum absolute atomic E-state index is 12.6. The predicted octanol–water partition coefficient (Wildman–Crippen LogP) is 4.68. The summed E-state index contributed by atoms with van der Waals surface area (Å²) in [6.45, 7) is 1.71. The first-order valence-electron chi connectivity index (χ1n) is 11.1. The summed E-state index contributed by atoms with van der Waals surface area (Å²) in [5.41, 5.74) is 5.08. The number of nitrogens with zero attached hydrogens (tertiary/aromatic N) is 3. The SMILES string of the molecule is O=C(COc1ccccc1C1Nc2ccccc2-c2nc3ccccc3n21)N1CCCC1. The van der Waals surface area contributed by atoms with Crippen molar-refractivity contribution in [3.8, 4) is 17.1 Å². The monoisotopic (exact) mass is 424 g/mol. The number of imidazole rings is 1. The second-order valence-corrected chi connectivity index (χ2v) is 8.30. The van der Waals surface area contributed by atoms with Gasteiger partial charge in [-0.3, -0.25) is 9.36 Å². The zero-order chi connectivity index (χ0) is 21.5. The highest BCUT2D eigenvalue weighted by Gasteiger charge is 2.30. The topological polar surface area (TPSA) is 59.4 Å². The average molecular weight is 425 g/mol. The fraction of sp³-hybridized carbons (Fsp3) is 0.231. The second kappa shape index (κ2) is 7.71. The first kappa shape index (κ1) is 18.9. The van der Waals surface area contributed by atoms with Crippen molar-refractivity contribution in [3.05, 3.63) is 78.4 Å². The third-order valence-electron chi connectivity index (χ3n) is 6.34. The van der Waals surface area contributed by atoms with Crippen molar-refractivity contribution in [1.82, 2.24) is 14.5 Å². The third kappa shape index (κ3) is 3.11. The number of rotatable bonds is 4. The number of aromatic nitrogens is 2. The number of nitrogens with one attached hydrogen (secondary N) is 1. The van der Waals surface area contributed by atoms with Crippen LogP contribution in [0.2, 0.25) is 0 Å². The molecule has 3 heterocycles. The molecule has 6 nitrogen and oxygen atoms in total. The summed E-state index contributed by atoms with van der Waals surface area (Å²) in [5.74, 6) is 1.68. The lowest BCUT2D eigenvalue weighted by Gasteiger charge is -2.31. The van der Waals surface area contributed by atoms with Gasteiger partial charge in [-0.2, -0.15) is 0 Å². The number of fused-ring (bicyclic) bond motifs is 5. The Kier molecular flexibility index (Phi) is 4.56. The standard InChI is InChI=1S/C26H24N4O2/c31-24(29-15-7-8-16-29)17-32-23-14-6-2-10-19(23)26-27-20-11-3-1-9-18(20)25-28-21-12-4-5-13-22(21)30(25)26/h1-6,9-14,26-27H,7-8,15-17H2. The van der Waals surface area contributed by atoms with Gasteiger partial charge in [0.15, 0.2) is 6.61 Å². The van der Waals surface area contributed by atoms with Crippen molar-refractivity contribution in [2.75, 3.05) is 25.0 Å². The number of amides is 1. The van der Waals surface area contributed by atoms with Crippen LogP contribution in [0.3, 0.4) is 0 Å². The van der Waals surface area contributed by atoms with Crippen molar-refractivity contribution in [2.24, 2.45) is 0 Å². The Bertz CT molecular complexity index is 1310. The molecule has 1 aromatic heterocycles. The molecule has 32 heavy (non-hydrogen) atoms. The molecule has 0 radical (unpaired) electrons. The molecule has 1 amide bonds. The Balaban J connectivity index is 1.41. The number of carbonyl (C=O) groups excluding carboxylic acids is 1. The third-order valence-corrected chi connectivity index (χ3v) is 6.34. The summed E-state index contributed by atoms with van der Waals surface area (Å²) in [6, 6.07) is 24.3. The average Bonchev–Trinajstić information content (AvgIpc) is 3.51. The van der Waals surface area contributed by atoms with E-state index in [-0.39, 0.29) is 18.7 Å². The first-order valence-corrected chi connectivity index (χ1v) is 11.1. The Morgan fingerprint density at radius 1 is 0.969 bits per heavy atom. The Hall–Kier alpha value is -3.80. The normalized spacial score (nSPS) is 17.0. The van der Waals surface area contributed by atoms with Crippen LogP contribution in [-0.4, -0.2) is 40.1 Å². The Labute approximate surface area is 186 Å². The molecule has 6 heteroatoms. The summed E-state index contributed by atoms with van der Waals surface area (Å²) >= 11 is 0. The highest BCUT2D eigenvalue weighted by atomic mass is 16.5. The van der Waals surface area contributed by atoms with Crippen LogP contribution >= 0.6 is 0 Å². The number of ether oxygens (including phenoxy) is 1. The molecule has 1 saturated heterocycles. The number of hydrogen-bond acceptors (Lipinski definition) is 4. The van der Waals surface area contributed by atoms with Crippen LogP contribution in [0.15, 0.2) is 72.8 Å². The van der Waals surface area contributed by atoms with Crippen molar-refractivity contribution >= 4 is 22.6 Å². The van der Waals surface area contributed by atoms with Crippen molar-refractivity contribution in [2.45, 2.75) is 19.0 Å². The van der Waals surface area contributed by atoms with Gasteiger partial charge in [-0.15, -0.1) is 0 Å². The lowest BCUT2D eigenvalue weighted by atomic mass is 10.0. The van der Waals surface area contributed by atoms with Crippen molar-refractivity contribution in [3.63, 3.8) is 0 Å². The zero-order valence-corrected chi connectivity index (χ0v) is 17.7. The number of likely N-dealkylation sites (tertiary alicyclic amines) is 1. The molecule has 1 atom stereocenters. The summed E-state index contributed by atoms with van der Waals surface area (Å²) in [5, 5.41) is 3.68. The molecule has 0 spiro atoms. The van der Waals surface area contributed by atoms with E-state index in [9.17, 15) is 4.79 Å². The smallest absolute Gasteiger partial charge is 0.260 e. The minimum atomic E-state index is -0.203. The van der Waals surface area contributed by atoms with E-state index in [1.807, 2.05) is 53.4 Å². The van der Waals surface area contributed by atoms with E-state index in [0.29, 0.717) is 5.75 Å². The van der Waals surface area contributed by atoms with E-state index < -0.39 is 0 Å². The fourth-order valence-electron chi connectivity index (χ4n) is 4.76. The predicted molar refractivity (Wildman–Crippen MR) is 125 cm³/mol. The van der Waals surface area contributed by atoms with E-state index >= 15 is 0 Å². The van der Waals surface area contributed by atoms with Crippen LogP contribution in [-0.2, 0) is 4.79 Å². The zero-order valence-electron chi connectivity index (χ0n) is 17.7. The van der Waals surface area contributed by atoms with Crippen LogP contribution in [0, 0.1) is 0 Å². The largest absolute Gasteiger partial charge is 0.483 e. The highest BCUT2D eigenvalue weighted by molar-refractivity contribution is 5.87. The highest BCUT2D eigenvalue weighted by Crippen LogP contribution is 2.42. The van der Waals surface area contributed by atoms with Crippen LogP contribution in [0.5, 0.6) is 5.75 Å². The van der Waals surface area contributed by atoms with Gasteiger partial charge in [-0.25, -0.2) is 4.98 Å². The van der Waals surface area contributed by atoms with Gasteiger partial charge in [0.05, 0.1) is 11.0 Å². The number of carbonyl (C=O) groups is 1. The van der Waals surface area contributed by atoms with Crippen LogP contribution in [0.4, 0.5) is 5.69 Å². The van der Waals surface area contributed by atoms with Gasteiger partial charge in [-0.1, -0.05) is 42.5 Å². The molecule has 2 aliphatic heterocycles. The molecule has 0 aliphatic carbocycles. The Morgan fingerprint density at radius 3 is 2.62 bits per heavy atom. The lowest BCUT2D eigenvalue weighted by Crippen LogP contribution is -2.32. The molecule has 3 aromatic carbocycles. The molecule has 6 rings (SSSR count). The quantitative estimate of drug-likeness (QED) is 0.517. The molecule has 1 fully saturated rings. The van der Waals surface area contributed by atoms with E-state index in [1.165, 1.54) is 0 Å². The van der Waals surface area contributed by atoms with Gasteiger partial charge in [0.25, 0.3) is 5.91 Å². The van der Waals surface area contributed by atoms with Gasteiger partial charge >= 0.3 is 0 Å². The molecule has 1 N–H and O–H groups in total. The first-order chi connectivity index (χ1) is 15.8. The van der Waals surface area contributed by atoms with Crippen LogP contribution in [0.25, 0.3) is 22.4 Å². The molecular formula is C26H24N4O2. The molecule has 1 unspecified atom stereocenters. The van der Waals surface area contributed by atoms with Gasteiger partial charge < -0.3 is 15.0 Å². The molecular weight excluding hydrogens is 400 g/mol. The lowest BCUT2D eigenvalue weighted by molar-refractivity contribution is -0.132. The second-order valence-electron chi connectivity index (χ2n) is 8.30. The van der Waals surface area contributed by atoms with Gasteiger partial charge in [0, 0.05) is 29.9 Å². The summed E-state index contributed by atoms with van der Waals surface area (Å²) in [4.78, 5) is 19.4. The summed E-state index contributed by atoms with van der Waals surface area (Å²) < 4.78 is 8.32. The van der Waals surface area contributed by atoms with E-state index in [4.69, 9.17) is 9.72 Å². The maximum atomic E-state index is 12.6. The minimum Gasteiger partial charge on any atom is -0.483 e. The number of anilines is 1. The summed E-state index contributed by atoms with van der Waals surface area (Å²) in [7, 11) is 0. The molecule has 4 aromatic rings. The number of para-hydroxylation sites is 4. The number of benzene rings is 3. The minimum absolute atomic E-state index is 0.0491. The Morgan fingerprint density at radius 2 is 1.72 bits per heavy atom. The van der Waals surface area contributed by atoms with Crippen molar-refractivity contribution in [1.29, 1.82) is 0 Å². The van der Waals surface area contributed by atoms with Crippen LogP contribution in [0.1, 0.15) is 24.6 Å². The van der Waals surface area contributed by atoms with E-state index in [0.717, 1.165) is 59.6 Å². The molecule has 160 valence electrons. The molecule has 0 saturated carbocycles. The van der Waals surface area contributed by atoms with Gasteiger partial charge in [0.2, 0.25) is 0 Å². The van der Waals surface area contributed by atoms with E-state index in [2.05, 4.69) is 34.1 Å². The summed E-state index contributed by atoms with van der Waals surface area (Å²) in [6.07, 6.45) is 1.94. The van der Waals surface area contributed by atoms with Gasteiger partial charge in [-0.05, 0) is 43.2 Å². The van der Waals surface area contributed by atoms with Crippen molar-refractivity contribution < 1.29 is 9.53 Å². The van der Waals surface area contributed by atoms with Gasteiger partial charge in [0.1, 0.15) is 17.7 Å². The fourth-order valence-corrected chi connectivity index (χ4v) is 4.76. The van der Waals surface area contributed by atoms with Crippen LogP contribution < -0.4 is 10.1 Å². The maximum Gasteiger partial charge on any atom is 0.260 e.